The minimum Gasteiger partial charge on any atom is -0.469 e. The third kappa shape index (κ3) is 3.05. The fourth-order valence-corrected chi connectivity index (χ4v) is 1.47. The van der Waals surface area contributed by atoms with Crippen molar-refractivity contribution < 1.29 is 14.3 Å². The Balaban J connectivity index is 4.84. The van der Waals surface area contributed by atoms with Crippen LogP contribution in [0, 0.1) is 10.8 Å². The first-order chi connectivity index (χ1) is 6.69. The number of hydrogen-bond acceptors (Lipinski definition) is 3. The van der Waals surface area contributed by atoms with E-state index in [9.17, 15) is 9.59 Å². The Morgan fingerprint density at radius 3 is 1.93 bits per heavy atom. The molecule has 0 fully saturated rings. The molecule has 15 heavy (non-hydrogen) atoms. The van der Waals surface area contributed by atoms with Gasteiger partial charge in [0.2, 0.25) is 0 Å². The number of Topliss-reactive ketones (excluding diaryl/α,β-unsaturated/α-hetero) is 1. The highest BCUT2D eigenvalue weighted by molar-refractivity contribution is 5.85. The molecule has 0 saturated heterocycles. The zero-order valence-electron chi connectivity index (χ0n) is 10.6. The fourth-order valence-electron chi connectivity index (χ4n) is 1.47. The molecule has 0 aromatic rings. The van der Waals surface area contributed by atoms with Crippen LogP contribution in [0.3, 0.4) is 0 Å². The molecule has 0 N–H and O–H groups in total. The molecule has 0 aromatic heterocycles. The summed E-state index contributed by atoms with van der Waals surface area (Å²) in [7, 11) is 1.37. The normalized spacial score (nSPS) is 12.4. The lowest BCUT2D eigenvalue weighted by Gasteiger charge is -2.39. The third-order valence-electron chi connectivity index (χ3n) is 3.52. The lowest BCUT2D eigenvalue weighted by molar-refractivity contribution is -0.147. The molecule has 0 rings (SSSR count). The first-order valence-electron chi connectivity index (χ1n) is 5.29. The van der Waals surface area contributed by atoms with Gasteiger partial charge >= 0.3 is 5.97 Å². The smallest absolute Gasteiger partial charge is 0.306 e. The molecular weight excluding hydrogens is 192 g/mol. The van der Waals surface area contributed by atoms with Crippen LogP contribution in [0.25, 0.3) is 0 Å². The summed E-state index contributed by atoms with van der Waals surface area (Å²) in [5.41, 5.74) is -0.886. The summed E-state index contributed by atoms with van der Waals surface area (Å²) >= 11 is 0. The molecule has 3 heteroatoms. The zero-order valence-corrected chi connectivity index (χ0v) is 10.6. The van der Waals surface area contributed by atoms with E-state index in [1.165, 1.54) is 7.11 Å². The highest BCUT2D eigenvalue weighted by atomic mass is 16.5. The average molecular weight is 214 g/mol. The Morgan fingerprint density at radius 1 is 1.13 bits per heavy atom. The Morgan fingerprint density at radius 2 is 1.60 bits per heavy atom. The van der Waals surface area contributed by atoms with E-state index < -0.39 is 5.41 Å². The minimum atomic E-state index is -0.504. The topological polar surface area (TPSA) is 43.4 Å². The van der Waals surface area contributed by atoms with Crippen LogP contribution in [0.4, 0.5) is 0 Å². The first-order valence-corrected chi connectivity index (χ1v) is 5.29. The molecule has 0 amide bonds. The van der Waals surface area contributed by atoms with Crippen LogP contribution in [0.2, 0.25) is 0 Å². The molecule has 0 radical (unpaired) electrons. The Bertz CT molecular complexity index is 252. The van der Waals surface area contributed by atoms with Crippen molar-refractivity contribution in [3.05, 3.63) is 0 Å². The van der Waals surface area contributed by atoms with Gasteiger partial charge in [-0.1, -0.05) is 34.6 Å². The molecule has 0 saturated carbocycles. The van der Waals surface area contributed by atoms with Gasteiger partial charge in [-0.05, 0) is 5.41 Å². The Kier molecular flexibility index (Phi) is 4.50. The van der Waals surface area contributed by atoms with Crippen molar-refractivity contribution >= 4 is 11.8 Å². The van der Waals surface area contributed by atoms with Crippen molar-refractivity contribution in [1.29, 1.82) is 0 Å². The predicted molar refractivity (Wildman–Crippen MR) is 59.5 cm³/mol. The van der Waals surface area contributed by atoms with Crippen LogP contribution >= 0.6 is 0 Å². The lowest BCUT2D eigenvalue weighted by Crippen LogP contribution is -2.41. The Hall–Kier alpha value is -0.860. The molecule has 88 valence electrons. The van der Waals surface area contributed by atoms with Gasteiger partial charge < -0.3 is 4.74 Å². The highest BCUT2D eigenvalue weighted by Crippen LogP contribution is 2.42. The summed E-state index contributed by atoms with van der Waals surface area (Å²) in [6.45, 7) is 9.48. The van der Waals surface area contributed by atoms with Gasteiger partial charge in [0, 0.05) is 11.8 Å². The molecule has 0 atom stereocenters. The van der Waals surface area contributed by atoms with Crippen molar-refractivity contribution in [2.75, 3.05) is 7.11 Å². The van der Waals surface area contributed by atoms with E-state index in [2.05, 4.69) is 4.74 Å². The minimum absolute atomic E-state index is 0.177. The van der Waals surface area contributed by atoms with Crippen molar-refractivity contribution in [2.45, 2.75) is 47.5 Å². The maximum Gasteiger partial charge on any atom is 0.306 e. The van der Waals surface area contributed by atoms with E-state index >= 15 is 0 Å². The van der Waals surface area contributed by atoms with Gasteiger partial charge in [0.1, 0.15) is 5.78 Å². The number of hydrogen-bond donors (Lipinski definition) is 0. The van der Waals surface area contributed by atoms with Crippen LogP contribution in [0.1, 0.15) is 47.5 Å². The quantitative estimate of drug-likeness (QED) is 0.661. The van der Waals surface area contributed by atoms with Crippen LogP contribution in [0.5, 0.6) is 0 Å². The number of methoxy groups -OCH3 is 1. The summed E-state index contributed by atoms with van der Waals surface area (Å²) in [5, 5.41) is 0. The maximum absolute atomic E-state index is 11.8. The molecule has 0 bridgehead atoms. The summed E-state index contributed by atoms with van der Waals surface area (Å²) < 4.78 is 4.64. The number of rotatable bonds is 5. The largest absolute Gasteiger partial charge is 0.469 e. The lowest BCUT2D eigenvalue weighted by atomic mass is 9.63. The van der Waals surface area contributed by atoms with E-state index in [1.807, 2.05) is 34.6 Å². The summed E-state index contributed by atoms with van der Waals surface area (Å²) in [6, 6.07) is 0. The summed E-state index contributed by atoms with van der Waals surface area (Å²) in [6.07, 6.45) is 0.764. The van der Waals surface area contributed by atoms with Crippen LogP contribution in [-0.4, -0.2) is 18.9 Å². The van der Waals surface area contributed by atoms with Gasteiger partial charge in [-0.2, -0.15) is 0 Å². The second-order valence-electron chi connectivity index (χ2n) is 5.04. The number of esters is 1. The number of carbonyl (C=O) groups is 2. The molecule has 0 unspecified atom stereocenters. The van der Waals surface area contributed by atoms with Crippen LogP contribution in [0.15, 0.2) is 0 Å². The number of ketones is 1. The van der Waals surface area contributed by atoms with Gasteiger partial charge in [-0.25, -0.2) is 0 Å². The number of carbonyl (C=O) groups excluding carboxylic acids is 2. The molecular formula is C12H22O3. The molecule has 0 aliphatic rings. The second kappa shape index (κ2) is 4.77. The van der Waals surface area contributed by atoms with Gasteiger partial charge in [0.25, 0.3) is 0 Å². The molecule has 0 aromatic carbocycles. The fraction of sp³-hybridized carbons (Fsp3) is 0.833. The molecule has 0 spiro atoms. The zero-order chi connectivity index (χ0) is 12.3. The Labute approximate surface area is 92.2 Å². The summed E-state index contributed by atoms with van der Waals surface area (Å²) in [4.78, 5) is 23.0. The van der Waals surface area contributed by atoms with Crippen molar-refractivity contribution in [3.63, 3.8) is 0 Å². The van der Waals surface area contributed by atoms with Gasteiger partial charge in [-0.15, -0.1) is 0 Å². The van der Waals surface area contributed by atoms with Crippen molar-refractivity contribution in [1.82, 2.24) is 0 Å². The van der Waals surface area contributed by atoms with E-state index in [0.29, 0.717) is 6.42 Å². The monoisotopic (exact) mass is 214 g/mol. The highest BCUT2D eigenvalue weighted by Gasteiger charge is 2.43. The van der Waals surface area contributed by atoms with E-state index in [1.54, 1.807) is 0 Å². The van der Waals surface area contributed by atoms with E-state index in [0.717, 1.165) is 0 Å². The van der Waals surface area contributed by atoms with Gasteiger partial charge in [-0.3, -0.25) is 9.59 Å². The van der Waals surface area contributed by atoms with Crippen molar-refractivity contribution in [3.8, 4) is 0 Å². The summed E-state index contributed by atoms with van der Waals surface area (Å²) in [5.74, 6) is -0.0895. The van der Waals surface area contributed by atoms with E-state index in [4.69, 9.17) is 0 Å². The van der Waals surface area contributed by atoms with Crippen LogP contribution < -0.4 is 0 Å². The second-order valence-corrected chi connectivity index (χ2v) is 5.04. The maximum atomic E-state index is 11.8. The molecule has 0 aliphatic heterocycles. The van der Waals surface area contributed by atoms with Crippen LogP contribution in [-0.2, 0) is 14.3 Å². The number of ether oxygens (including phenoxy) is 1. The SMILES string of the molecule is CCC(=O)C(C)(C)C(C)(C)CC(=O)OC. The third-order valence-corrected chi connectivity index (χ3v) is 3.52. The predicted octanol–water partition coefficient (Wildman–Crippen LogP) is 2.58. The van der Waals surface area contributed by atoms with Gasteiger partial charge in [0.15, 0.2) is 0 Å². The molecule has 0 heterocycles. The standard InChI is InChI=1S/C12H22O3/c1-7-9(13)12(4,5)11(2,3)8-10(14)15-6/h7-8H2,1-6H3. The molecule has 0 aliphatic carbocycles. The van der Waals surface area contributed by atoms with Gasteiger partial charge in [0.05, 0.1) is 13.5 Å². The van der Waals surface area contributed by atoms with Crippen molar-refractivity contribution in [2.24, 2.45) is 10.8 Å². The van der Waals surface area contributed by atoms with E-state index in [-0.39, 0.29) is 23.6 Å². The molecule has 3 nitrogen and oxygen atoms in total. The average Bonchev–Trinajstić information content (AvgIpc) is 2.15. The first kappa shape index (κ1) is 14.1.